The fourth-order valence-electron chi connectivity index (χ4n) is 2.79. The molecule has 0 saturated heterocycles. The third-order valence-electron chi connectivity index (χ3n) is 4.36. The van der Waals surface area contributed by atoms with Crippen LogP contribution in [0.15, 0.2) is 52.2 Å². The van der Waals surface area contributed by atoms with E-state index in [1.807, 2.05) is 17.6 Å². The number of hydrogen-bond acceptors (Lipinski definition) is 5. The summed E-state index contributed by atoms with van der Waals surface area (Å²) in [7, 11) is 0. The number of carbonyl (C=O) groups is 1. The highest BCUT2D eigenvalue weighted by molar-refractivity contribution is 8.00. The SMILES string of the molecule is C[C@H](Sc1nnc(-c2ccccc2F)n1C1CC1)C(=O)NCc1ccco1. The molecule has 2 aromatic heterocycles. The Hall–Kier alpha value is -2.61. The van der Waals surface area contributed by atoms with Gasteiger partial charge < -0.3 is 9.73 Å². The normalized spacial score (nSPS) is 14.9. The van der Waals surface area contributed by atoms with Gasteiger partial charge in [-0.2, -0.15) is 0 Å². The molecule has 1 aromatic carbocycles. The van der Waals surface area contributed by atoms with Gasteiger partial charge in [0, 0.05) is 6.04 Å². The largest absolute Gasteiger partial charge is 0.467 e. The third-order valence-corrected chi connectivity index (χ3v) is 5.42. The number of rotatable bonds is 7. The monoisotopic (exact) mass is 386 g/mol. The highest BCUT2D eigenvalue weighted by Gasteiger charge is 2.32. The maximum Gasteiger partial charge on any atom is 0.233 e. The lowest BCUT2D eigenvalue weighted by molar-refractivity contribution is -0.120. The maximum atomic E-state index is 14.2. The molecular weight excluding hydrogens is 367 g/mol. The van der Waals surface area contributed by atoms with Crippen molar-refractivity contribution >= 4 is 17.7 Å². The number of amides is 1. The van der Waals surface area contributed by atoms with E-state index in [2.05, 4.69) is 15.5 Å². The van der Waals surface area contributed by atoms with E-state index in [1.165, 1.54) is 17.8 Å². The van der Waals surface area contributed by atoms with Crippen molar-refractivity contribution in [1.82, 2.24) is 20.1 Å². The highest BCUT2D eigenvalue weighted by atomic mass is 32.2. The van der Waals surface area contributed by atoms with Crippen molar-refractivity contribution in [3.05, 3.63) is 54.2 Å². The molecule has 0 spiro atoms. The van der Waals surface area contributed by atoms with Crippen molar-refractivity contribution in [2.24, 2.45) is 0 Å². The van der Waals surface area contributed by atoms with Crippen LogP contribution in [0.4, 0.5) is 4.39 Å². The molecule has 1 N–H and O–H groups in total. The van der Waals surface area contributed by atoms with Gasteiger partial charge in [0.05, 0.1) is 23.6 Å². The quantitative estimate of drug-likeness (QED) is 0.625. The van der Waals surface area contributed by atoms with E-state index in [1.54, 1.807) is 30.5 Å². The van der Waals surface area contributed by atoms with Crippen LogP contribution in [0.25, 0.3) is 11.4 Å². The minimum absolute atomic E-state index is 0.116. The Morgan fingerprint density at radius 1 is 1.33 bits per heavy atom. The lowest BCUT2D eigenvalue weighted by atomic mass is 10.2. The van der Waals surface area contributed by atoms with Crippen molar-refractivity contribution in [3.8, 4) is 11.4 Å². The predicted octanol–water partition coefficient (Wildman–Crippen LogP) is 3.81. The minimum Gasteiger partial charge on any atom is -0.467 e. The molecule has 6 nitrogen and oxygen atoms in total. The molecule has 1 amide bonds. The number of halogens is 1. The molecule has 2 heterocycles. The predicted molar refractivity (Wildman–Crippen MR) is 99.6 cm³/mol. The zero-order valence-electron chi connectivity index (χ0n) is 14.8. The molecule has 1 aliphatic carbocycles. The molecule has 0 unspecified atom stereocenters. The topological polar surface area (TPSA) is 73.0 Å². The van der Waals surface area contributed by atoms with Crippen LogP contribution in [-0.4, -0.2) is 25.9 Å². The summed E-state index contributed by atoms with van der Waals surface area (Å²) >= 11 is 1.33. The third kappa shape index (κ3) is 3.90. The second kappa shape index (κ2) is 7.56. The van der Waals surface area contributed by atoms with Gasteiger partial charge in [-0.05, 0) is 44.0 Å². The van der Waals surface area contributed by atoms with Crippen LogP contribution in [0.1, 0.15) is 31.6 Å². The van der Waals surface area contributed by atoms with Crippen molar-refractivity contribution in [2.45, 2.75) is 42.8 Å². The molecule has 4 rings (SSSR count). The molecule has 0 radical (unpaired) electrons. The van der Waals surface area contributed by atoms with Gasteiger partial charge in [-0.3, -0.25) is 9.36 Å². The number of nitrogens with zero attached hydrogens (tertiary/aromatic N) is 3. The van der Waals surface area contributed by atoms with E-state index in [0.717, 1.165) is 12.8 Å². The van der Waals surface area contributed by atoms with Crippen molar-refractivity contribution < 1.29 is 13.6 Å². The number of carbonyl (C=O) groups excluding carboxylic acids is 1. The Balaban J connectivity index is 1.50. The van der Waals surface area contributed by atoms with E-state index < -0.39 is 0 Å². The van der Waals surface area contributed by atoms with Crippen LogP contribution in [0, 0.1) is 5.82 Å². The summed E-state index contributed by atoms with van der Waals surface area (Å²) in [5.74, 6) is 0.770. The molecule has 0 bridgehead atoms. The Morgan fingerprint density at radius 3 is 2.85 bits per heavy atom. The van der Waals surface area contributed by atoms with Crippen molar-refractivity contribution in [3.63, 3.8) is 0 Å². The van der Waals surface area contributed by atoms with Crippen LogP contribution in [0.5, 0.6) is 0 Å². The molecule has 27 heavy (non-hydrogen) atoms. The Labute approximate surface area is 160 Å². The van der Waals surface area contributed by atoms with E-state index >= 15 is 0 Å². The summed E-state index contributed by atoms with van der Waals surface area (Å²) in [5, 5.41) is 11.6. The van der Waals surface area contributed by atoms with Crippen molar-refractivity contribution in [2.75, 3.05) is 0 Å². The zero-order chi connectivity index (χ0) is 18.8. The number of furan rings is 1. The van der Waals surface area contributed by atoms with Gasteiger partial charge in [0.2, 0.25) is 5.91 Å². The number of nitrogens with one attached hydrogen (secondary N) is 1. The maximum absolute atomic E-state index is 14.2. The highest BCUT2D eigenvalue weighted by Crippen LogP contribution is 2.42. The molecule has 1 fully saturated rings. The summed E-state index contributed by atoms with van der Waals surface area (Å²) in [4.78, 5) is 12.4. The number of hydrogen-bond donors (Lipinski definition) is 1. The molecule has 140 valence electrons. The molecule has 1 saturated carbocycles. The van der Waals surface area contributed by atoms with Gasteiger partial charge in [0.15, 0.2) is 11.0 Å². The van der Waals surface area contributed by atoms with Crippen LogP contribution >= 0.6 is 11.8 Å². The van der Waals surface area contributed by atoms with E-state index in [-0.39, 0.29) is 23.0 Å². The van der Waals surface area contributed by atoms with Gasteiger partial charge in [0.25, 0.3) is 0 Å². The molecule has 1 aliphatic rings. The van der Waals surface area contributed by atoms with Gasteiger partial charge in [-0.15, -0.1) is 10.2 Å². The fourth-order valence-corrected chi connectivity index (χ4v) is 3.73. The first-order chi connectivity index (χ1) is 13.1. The lowest BCUT2D eigenvalue weighted by Gasteiger charge is -2.13. The Kier molecular flexibility index (Phi) is 4.98. The number of benzene rings is 1. The minimum atomic E-state index is -0.366. The standard InChI is InChI=1S/C19H19FN4O2S/c1-12(18(25)21-11-14-5-4-10-26-14)27-19-23-22-17(24(19)13-8-9-13)15-6-2-3-7-16(15)20/h2-7,10,12-13H,8-9,11H2,1H3,(H,21,25)/t12-/m0/s1. The van der Waals surface area contributed by atoms with Gasteiger partial charge in [-0.1, -0.05) is 23.9 Å². The fraction of sp³-hybridized carbons (Fsp3) is 0.316. The molecule has 0 aliphatic heterocycles. The van der Waals surface area contributed by atoms with E-state index in [4.69, 9.17) is 4.42 Å². The van der Waals surface area contributed by atoms with Crippen LogP contribution in [0.3, 0.4) is 0 Å². The molecular formula is C19H19FN4O2S. The molecule has 8 heteroatoms. The van der Waals surface area contributed by atoms with Crippen LogP contribution in [0.2, 0.25) is 0 Å². The van der Waals surface area contributed by atoms with Gasteiger partial charge >= 0.3 is 0 Å². The number of thioether (sulfide) groups is 1. The average Bonchev–Trinajstić information content (AvgIpc) is 3.21. The summed E-state index contributed by atoms with van der Waals surface area (Å²) in [5.41, 5.74) is 0.429. The summed E-state index contributed by atoms with van der Waals surface area (Å²) in [6.07, 6.45) is 3.58. The number of aromatic nitrogens is 3. The second-order valence-electron chi connectivity index (χ2n) is 6.44. The average molecular weight is 386 g/mol. The van der Waals surface area contributed by atoms with E-state index in [0.29, 0.717) is 28.8 Å². The zero-order valence-corrected chi connectivity index (χ0v) is 15.6. The lowest BCUT2D eigenvalue weighted by Crippen LogP contribution is -2.30. The first-order valence-corrected chi connectivity index (χ1v) is 9.68. The Morgan fingerprint density at radius 2 is 2.15 bits per heavy atom. The van der Waals surface area contributed by atoms with Gasteiger partial charge in [-0.25, -0.2) is 4.39 Å². The molecule has 3 aromatic rings. The first-order valence-electron chi connectivity index (χ1n) is 8.80. The van der Waals surface area contributed by atoms with Crippen LogP contribution < -0.4 is 5.32 Å². The smallest absolute Gasteiger partial charge is 0.233 e. The van der Waals surface area contributed by atoms with Crippen LogP contribution in [-0.2, 0) is 11.3 Å². The summed E-state index contributed by atoms with van der Waals surface area (Å²) in [6, 6.07) is 10.4. The van der Waals surface area contributed by atoms with E-state index in [9.17, 15) is 9.18 Å². The summed E-state index contributed by atoms with van der Waals surface area (Å²) in [6.45, 7) is 2.16. The summed E-state index contributed by atoms with van der Waals surface area (Å²) < 4.78 is 21.4. The Bertz CT molecular complexity index is 937. The van der Waals surface area contributed by atoms with Gasteiger partial charge in [0.1, 0.15) is 11.6 Å². The van der Waals surface area contributed by atoms with Crippen molar-refractivity contribution in [1.29, 1.82) is 0 Å². The molecule has 1 atom stereocenters. The first kappa shape index (κ1) is 17.8. The second-order valence-corrected chi connectivity index (χ2v) is 7.75.